The third kappa shape index (κ3) is 4.21. The molecular weight excluding hydrogens is 238 g/mol. The fourth-order valence-corrected chi connectivity index (χ4v) is 1.97. The Kier molecular flexibility index (Phi) is 4.74. The zero-order chi connectivity index (χ0) is 13.7. The normalized spacial score (nSPS) is 11.4. The highest BCUT2D eigenvalue weighted by Gasteiger charge is 2.01. The van der Waals surface area contributed by atoms with Gasteiger partial charge in [0, 0.05) is 38.2 Å². The minimum Gasteiger partial charge on any atom is -0.335 e. The first-order chi connectivity index (χ1) is 9.15. The van der Waals surface area contributed by atoms with E-state index in [0.29, 0.717) is 5.92 Å². The van der Waals surface area contributed by atoms with E-state index in [1.807, 2.05) is 25.6 Å². The summed E-state index contributed by atoms with van der Waals surface area (Å²) >= 11 is 0. The lowest BCUT2D eigenvalue weighted by atomic mass is 10.2. The van der Waals surface area contributed by atoms with Gasteiger partial charge in [0.2, 0.25) is 0 Å². The van der Waals surface area contributed by atoms with Gasteiger partial charge >= 0.3 is 0 Å². The second kappa shape index (κ2) is 6.52. The molecule has 0 radical (unpaired) electrons. The summed E-state index contributed by atoms with van der Waals surface area (Å²) in [6, 6.07) is 0. The molecular formula is C14H23N5. The molecule has 2 aromatic rings. The molecule has 0 aliphatic carbocycles. The molecule has 0 aromatic carbocycles. The summed E-state index contributed by atoms with van der Waals surface area (Å²) in [5.41, 5.74) is 1.10. The predicted octanol–water partition coefficient (Wildman–Crippen LogP) is 1.83. The van der Waals surface area contributed by atoms with Gasteiger partial charge in [-0.3, -0.25) is 0 Å². The van der Waals surface area contributed by atoms with Gasteiger partial charge in [-0.25, -0.2) is 9.97 Å². The lowest BCUT2D eigenvalue weighted by Gasteiger charge is -2.06. The topological polar surface area (TPSA) is 47.7 Å². The minimum atomic E-state index is 0.673. The van der Waals surface area contributed by atoms with Gasteiger partial charge in [-0.15, -0.1) is 0 Å². The highest BCUT2D eigenvalue weighted by atomic mass is 15.1. The van der Waals surface area contributed by atoms with E-state index in [1.54, 1.807) is 0 Å². The van der Waals surface area contributed by atoms with E-state index in [1.165, 1.54) is 0 Å². The zero-order valence-corrected chi connectivity index (χ0v) is 12.0. The molecule has 0 saturated heterocycles. The maximum Gasteiger partial charge on any atom is 0.105 e. The zero-order valence-electron chi connectivity index (χ0n) is 12.0. The van der Waals surface area contributed by atoms with Crippen LogP contribution in [0.5, 0.6) is 0 Å². The Balaban J connectivity index is 1.79. The number of hydrogen-bond donors (Lipinski definition) is 1. The van der Waals surface area contributed by atoms with Crippen LogP contribution < -0.4 is 5.32 Å². The highest BCUT2D eigenvalue weighted by molar-refractivity contribution is 4.96. The van der Waals surface area contributed by atoms with Gasteiger partial charge < -0.3 is 14.5 Å². The molecule has 2 rings (SSSR count). The lowest BCUT2D eigenvalue weighted by molar-refractivity contribution is 0.547. The average Bonchev–Trinajstić information content (AvgIpc) is 2.95. The molecule has 1 N–H and O–H groups in total. The van der Waals surface area contributed by atoms with Crippen molar-refractivity contribution in [3.63, 3.8) is 0 Å². The smallest absolute Gasteiger partial charge is 0.105 e. The van der Waals surface area contributed by atoms with Crippen molar-refractivity contribution in [1.29, 1.82) is 0 Å². The lowest BCUT2D eigenvalue weighted by Crippen LogP contribution is -2.19. The molecule has 0 atom stereocenters. The van der Waals surface area contributed by atoms with Crippen LogP contribution >= 0.6 is 0 Å². The van der Waals surface area contributed by atoms with Gasteiger partial charge in [0.1, 0.15) is 5.82 Å². The Bertz CT molecular complexity index is 497. The number of hydrogen-bond acceptors (Lipinski definition) is 3. The Labute approximate surface area is 114 Å². The molecule has 0 spiro atoms. The second-order valence-electron chi connectivity index (χ2n) is 5.30. The number of nitrogens with zero attached hydrogens (tertiary/aromatic N) is 4. The van der Waals surface area contributed by atoms with Gasteiger partial charge in [0.25, 0.3) is 0 Å². The van der Waals surface area contributed by atoms with Gasteiger partial charge in [-0.05, 0) is 19.4 Å². The van der Waals surface area contributed by atoms with Crippen LogP contribution in [0.3, 0.4) is 0 Å². The standard InChI is InChI=1S/C14H23N5/c1-12(2)8-15-9-14-10-18(11-17-14)6-7-19-5-4-16-13(19)3/h4-5,10-12,15H,6-9H2,1-3H3. The van der Waals surface area contributed by atoms with Crippen LogP contribution in [-0.2, 0) is 19.6 Å². The maximum absolute atomic E-state index is 4.41. The van der Waals surface area contributed by atoms with E-state index in [4.69, 9.17) is 0 Å². The maximum atomic E-state index is 4.41. The van der Waals surface area contributed by atoms with Crippen molar-refractivity contribution in [2.45, 2.75) is 40.4 Å². The van der Waals surface area contributed by atoms with Crippen LogP contribution in [0.4, 0.5) is 0 Å². The summed E-state index contributed by atoms with van der Waals surface area (Å²) in [7, 11) is 0. The summed E-state index contributed by atoms with van der Waals surface area (Å²) in [5.74, 6) is 1.73. The Morgan fingerprint density at radius 2 is 2.11 bits per heavy atom. The Morgan fingerprint density at radius 3 is 2.79 bits per heavy atom. The highest BCUT2D eigenvalue weighted by Crippen LogP contribution is 2.00. The van der Waals surface area contributed by atoms with Crippen molar-refractivity contribution < 1.29 is 0 Å². The van der Waals surface area contributed by atoms with Crippen LogP contribution in [0.2, 0.25) is 0 Å². The van der Waals surface area contributed by atoms with Crippen LogP contribution in [-0.4, -0.2) is 25.6 Å². The first-order valence-corrected chi connectivity index (χ1v) is 6.84. The van der Waals surface area contributed by atoms with E-state index < -0.39 is 0 Å². The summed E-state index contributed by atoms with van der Waals surface area (Å²) < 4.78 is 4.28. The number of imidazole rings is 2. The third-order valence-electron chi connectivity index (χ3n) is 3.07. The van der Waals surface area contributed by atoms with Crippen LogP contribution in [0.15, 0.2) is 24.9 Å². The molecule has 19 heavy (non-hydrogen) atoms. The average molecular weight is 261 g/mol. The van der Waals surface area contributed by atoms with Gasteiger partial charge in [0.05, 0.1) is 12.0 Å². The first kappa shape index (κ1) is 13.8. The molecule has 0 aliphatic heterocycles. The fraction of sp³-hybridized carbons (Fsp3) is 0.571. The molecule has 0 unspecified atom stereocenters. The summed E-state index contributed by atoms with van der Waals surface area (Å²) in [6.07, 6.45) is 7.86. The molecule has 0 aliphatic rings. The molecule has 0 bridgehead atoms. The Morgan fingerprint density at radius 1 is 1.26 bits per heavy atom. The molecule has 0 saturated carbocycles. The molecule has 5 heteroatoms. The van der Waals surface area contributed by atoms with Crippen molar-refractivity contribution in [2.75, 3.05) is 6.54 Å². The van der Waals surface area contributed by atoms with Crippen molar-refractivity contribution in [2.24, 2.45) is 5.92 Å². The van der Waals surface area contributed by atoms with Gasteiger partial charge in [-0.1, -0.05) is 13.8 Å². The molecule has 0 amide bonds. The molecule has 104 valence electrons. The molecule has 2 aromatic heterocycles. The number of aromatic nitrogens is 4. The first-order valence-electron chi connectivity index (χ1n) is 6.84. The monoisotopic (exact) mass is 261 g/mol. The summed E-state index contributed by atoms with van der Waals surface area (Å²) in [6.45, 7) is 10.2. The second-order valence-corrected chi connectivity index (χ2v) is 5.30. The quantitative estimate of drug-likeness (QED) is 0.827. The van der Waals surface area contributed by atoms with E-state index in [-0.39, 0.29) is 0 Å². The van der Waals surface area contributed by atoms with Crippen molar-refractivity contribution in [1.82, 2.24) is 24.4 Å². The molecule has 0 fully saturated rings. The fourth-order valence-electron chi connectivity index (χ4n) is 1.97. The largest absolute Gasteiger partial charge is 0.335 e. The van der Waals surface area contributed by atoms with E-state index in [9.17, 15) is 0 Å². The van der Waals surface area contributed by atoms with E-state index in [2.05, 4.69) is 44.5 Å². The van der Waals surface area contributed by atoms with E-state index in [0.717, 1.165) is 37.7 Å². The summed E-state index contributed by atoms with van der Waals surface area (Å²) in [5, 5.41) is 3.40. The number of rotatable bonds is 7. The van der Waals surface area contributed by atoms with Crippen LogP contribution in [0.1, 0.15) is 25.4 Å². The predicted molar refractivity (Wildman–Crippen MR) is 75.7 cm³/mol. The number of nitrogens with one attached hydrogen (secondary N) is 1. The number of aryl methyl sites for hydroxylation is 3. The van der Waals surface area contributed by atoms with Gasteiger partial charge in [-0.2, -0.15) is 0 Å². The SMILES string of the molecule is Cc1nccn1CCn1cnc(CNCC(C)C)c1. The van der Waals surface area contributed by atoms with E-state index >= 15 is 0 Å². The van der Waals surface area contributed by atoms with Crippen molar-refractivity contribution in [3.05, 3.63) is 36.4 Å². The van der Waals surface area contributed by atoms with Crippen molar-refractivity contribution >= 4 is 0 Å². The van der Waals surface area contributed by atoms with Crippen molar-refractivity contribution in [3.8, 4) is 0 Å². The summed E-state index contributed by atoms with van der Waals surface area (Å²) in [4.78, 5) is 8.63. The minimum absolute atomic E-state index is 0.673. The Hall–Kier alpha value is -1.62. The molecule has 2 heterocycles. The van der Waals surface area contributed by atoms with Crippen LogP contribution in [0, 0.1) is 12.8 Å². The molecule has 5 nitrogen and oxygen atoms in total. The van der Waals surface area contributed by atoms with Crippen LogP contribution in [0.25, 0.3) is 0 Å². The van der Waals surface area contributed by atoms with Gasteiger partial charge in [0.15, 0.2) is 0 Å². The third-order valence-corrected chi connectivity index (χ3v) is 3.07.